The fourth-order valence-electron chi connectivity index (χ4n) is 2.75. The first kappa shape index (κ1) is 14.9. The molecule has 0 unspecified atom stereocenters. The van der Waals surface area contributed by atoms with Crippen LogP contribution < -0.4 is 4.74 Å². The van der Waals surface area contributed by atoms with Crippen molar-refractivity contribution < 1.29 is 9.53 Å². The van der Waals surface area contributed by atoms with Crippen molar-refractivity contribution >= 4 is 17.2 Å². The Morgan fingerprint density at radius 1 is 1.12 bits per heavy atom. The smallest absolute Gasteiger partial charge is 0.261 e. The Hall–Kier alpha value is -2.66. The summed E-state index contributed by atoms with van der Waals surface area (Å²) in [7, 11) is 0. The van der Waals surface area contributed by atoms with Gasteiger partial charge in [0.25, 0.3) is 5.91 Å². The number of aromatic nitrogens is 1. The van der Waals surface area contributed by atoms with Crippen LogP contribution in [0, 0.1) is 0 Å². The number of amides is 1. The molecule has 120 valence electrons. The third-order valence-corrected chi connectivity index (χ3v) is 4.69. The first-order valence-corrected chi connectivity index (χ1v) is 8.71. The van der Waals surface area contributed by atoms with Crippen LogP contribution in [0.2, 0.25) is 0 Å². The average Bonchev–Trinajstić information content (AvgIpc) is 3.10. The van der Waals surface area contributed by atoms with Crippen LogP contribution in [0.15, 0.2) is 59.3 Å². The molecule has 0 fully saturated rings. The van der Waals surface area contributed by atoms with E-state index in [2.05, 4.69) is 5.38 Å². The Balaban J connectivity index is 1.63. The summed E-state index contributed by atoms with van der Waals surface area (Å²) < 4.78 is 5.65. The summed E-state index contributed by atoms with van der Waals surface area (Å²) in [6.45, 7) is 1.08. The maximum absolute atomic E-state index is 12.4. The zero-order chi connectivity index (χ0) is 16.4. The van der Waals surface area contributed by atoms with Crippen LogP contribution in [0.25, 0.3) is 11.3 Å². The number of carbonyl (C=O) groups is 1. The number of hydrogen-bond acceptors (Lipinski definition) is 4. The first-order chi connectivity index (χ1) is 11.8. The third-order valence-electron chi connectivity index (χ3n) is 4.01. The van der Waals surface area contributed by atoms with E-state index in [4.69, 9.17) is 9.72 Å². The molecule has 0 aliphatic carbocycles. The molecular weight excluding hydrogens is 320 g/mol. The van der Waals surface area contributed by atoms with Crippen LogP contribution in [0.1, 0.15) is 11.3 Å². The number of rotatable bonds is 3. The predicted molar refractivity (Wildman–Crippen MR) is 93.7 cm³/mol. The van der Waals surface area contributed by atoms with Crippen molar-refractivity contribution in [1.82, 2.24) is 9.88 Å². The lowest BCUT2D eigenvalue weighted by molar-refractivity contribution is -0.133. The van der Waals surface area contributed by atoms with Crippen LogP contribution >= 0.6 is 11.3 Å². The molecule has 1 amide bonds. The number of pyridine rings is 1. The quantitative estimate of drug-likeness (QED) is 0.732. The SMILES string of the molecule is O=C1COc2ccc(-c3ccsc3)nc2CN1Cc1ccccc1. The van der Waals surface area contributed by atoms with Crippen molar-refractivity contribution in [2.45, 2.75) is 13.1 Å². The molecule has 1 aliphatic rings. The van der Waals surface area contributed by atoms with Gasteiger partial charge in [0.2, 0.25) is 0 Å². The van der Waals surface area contributed by atoms with Gasteiger partial charge in [-0.15, -0.1) is 0 Å². The van der Waals surface area contributed by atoms with Crippen LogP contribution in [0.3, 0.4) is 0 Å². The molecular formula is C19H16N2O2S. The Morgan fingerprint density at radius 3 is 2.79 bits per heavy atom. The van der Waals surface area contributed by atoms with Gasteiger partial charge in [0.05, 0.1) is 12.2 Å². The van der Waals surface area contributed by atoms with Gasteiger partial charge < -0.3 is 9.64 Å². The molecule has 4 rings (SSSR count). The van der Waals surface area contributed by atoms with E-state index in [0.717, 1.165) is 22.5 Å². The molecule has 1 aromatic carbocycles. The van der Waals surface area contributed by atoms with Crippen molar-refractivity contribution in [2.24, 2.45) is 0 Å². The normalized spacial score (nSPS) is 14.0. The summed E-state index contributed by atoms with van der Waals surface area (Å²) in [5, 5.41) is 4.10. The maximum atomic E-state index is 12.4. The number of hydrogen-bond donors (Lipinski definition) is 0. The summed E-state index contributed by atoms with van der Waals surface area (Å²) >= 11 is 1.64. The second kappa shape index (κ2) is 6.45. The van der Waals surface area contributed by atoms with E-state index in [1.807, 2.05) is 53.9 Å². The van der Waals surface area contributed by atoms with Crippen molar-refractivity contribution in [1.29, 1.82) is 0 Å². The van der Waals surface area contributed by atoms with Gasteiger partial charge in [-0.05, 0) is 29.1 Å². The van der Waals surface area contributed by atoms with Crippen molar-refractivity contribution in [3.63, 3.8) is 0 Å². The highest BCUT2D eigenvalue weighted by atomic mass is 32.1. The number of nitrogens with zero attached hydrogens (tertiary/aromatic N) is 2. The van der Waals surface area contributed by atoms with E-state index >= 15 is 0 Å². The van der Waals surface area contributed by atoms with E-state index in [0.29, 0.717) is 18.8 Å². The van der Waals surface area contributed by atoms with Crippen LogP contribution in [-0.4, -0.2) is 22.4 Å². The summed E-state index contributed by atoms with van der Waals surface area (Å²) in [5.41, 5.74) is 3.91. The van der Waals surface area contributed by atoms with Crippen molar-refractivity contribution in [3.05, 3.63) is 70.5 Å². The molecule has 3 heterocycles. The molecule has 0 atom stereocenters. The summed E-state index contributed by atoms with van der Waals surface area (Å²) in [6, 6.07) is 15.9. The molecule has 1 aliphatic heterocycles. The minimum atomic E-state index is -0.0195. The van der Waals surface area contributed by atoms with Gasteiger partial charge in [-0.25, -0.2) is 4.98 Å². The molecule has 0 saturated heterocycles. The lowest BCUT2D eigenvalue weighted by Crippen LogP contribution is -2.32. The summed E-state index contributed by atoms with van der Waals surface area (Å²) in [4.78, 5) is 18.9. The lowest BCUT2D eigenvalue weighted by atomic mass is 10.2. The number of fused-ring (bicyclic) bond motifs is 1. The van der Waals surface area contributed by atoms with E-state index in [1.54, 1.807) is 16.2 Å². The van der Waals surface area contributed by atoms with E-state index in [9.17, 15) is 4.79 Å². The van der Waals surface area contributed by atoms with E-state index in [1.165, 1.54) is 0 Å². The van der Waals surface area contributed by atoms with Crippen molar-refractivity contribution in [2.75, 3.05) is 6.61 Å². The lowest BCUT2D eigenvalue weighted by Gasteiger charge is -2.19. The highest BCUT2D eigenvalue weighted by molar-refractivity contribution is 7.08. The Kier molecular flexibility index (Phi) is 4.01. The van der Waals surface area contributed by atoms with E-state index < -0.39 is 0 Å². The molecule has 5 heteroatoms. The van der Waals surface area contributed by atoms with Gasteiger partial charge in [0.15, 0.2) is 6.61 Å². The Morgan fingerprint density at radius 2 is 2.00 bits per heavy atom. The molecule has 4 nitrogen and oxygen atoms in total. The molecule has 0 saturated carbocycles. The number of thiophene rings is 1. The third kappa shape index (κ3) is 3.03. The molecule has 24 heavy (non-hydrogen) atoms. The minimum Gasteiger partial charge on any atom is -0.482 e. The molecule has 3 aromatic rings. The molecule has 0 spiro atoms. The molecule has 2 aromatic heterocycles. The highest BCUT2D eigenvalue weighted by Gasteiger charge is 2.23. The summed E-state index contributed by atoms with van der Waals surface area (Å²) in [5.74, 6) is 0.673. The van der Waals surface area contributed by atoms with Crippen LogP contribution in [0.5, 0.6) is 5.75 Å². The first-order valence-electron chi connectivity index (χ1n) is 7.76. The molecule has 0 bridgehead atoms. The molecule has 0 radical (unpaired) electrons. The summed E-state index contributed by atoms with van der Waals surface area (Å²) in [6.07, 6.45) is 0. The zero-order valence-corrected chi connectivity index (χ0v) is 13.8. The Labute approximate surface area is 144 Å². The fraction of sp³-hybridized carbons (Fsp3) is 0.158. The molecule has 0 N–H and O–H groups in total. The zero-order valence-electron chi connectivity index (χ0n) is 13.0. The number of carbonyl (C=O) groups excluding carboxylic acids is 1. The predicted octanol–water partition coefficient (Wildman–Crippen LogP) is 3.73. The van der Waals surface area contributed by atoms with Gasteiger partial charge in [-0.3, -0.25) is 4.79 Å². The monoisotopic (exact) mass is 336 g/mol. The maximum Gasteiger partial charge on any atom is 0.261 e. The van der Waals surface area contributed by atoms with E-state index in [-0.39, 0.29) is 12.5 Å². The second-order valence-electron chi connectivity index (χ2n) is 5.68. The average molecular weight is 336 g/mol. The fourth-order valence-corrected chi connectivity index (χ4v) is 3.40. The standard InChI is InChI=1S/C19H16N2O2S/c22-19-12-23-18-7-6-16(15-8-9-24-13-15)20-17(18)11-21(19)10-14-4-2-1-3-5-14/h1-9,13H,10-12H2. The van der Waals surface area contributed by atoms with Crippen molar-refractivity contribution in [3.8, 4) is 17.0 Å². The van der Waals surface area contributed by atoms with Crippen LogP contribution in [0.4, 0.5) is 0 Å². The van der Waals surface area contributed by atoms with Gasteiger partial charge in [-0.1, -0.05) is 30.3 Å². The highest BCUT2D eigenvalue weighted by Crippen LogP contribution is 2.27. The Bertz CT molecular complexity index is 847. The van der Waals surface area contributed by atoms with Gasteiger partial charge >= 0.3 is 0 Å². The van der Waals surface area contributed by atoms with Gasteiger partial charge in [-0.2, -0.15) is 11.3 Å². The number of ether oxygens (including phenoxy) is 1. The second-order valence-corrected chi connectivity index (χ2v) is 6.46. The minimum absolute atomic E-state index is 0.0195. The number of benzene rings is 1. The van der Waals surface area contributed by atoms with Gasteiger partial charge in [0, 0.05) is 17.5 Å². The van der Waals surface area contributed by atoms with Gasteiger partial charge in [0.1, 0.15) is 11.4 Å². The largest absolute Gasteiger partial charge is 0.482 e. The topological polar surface area (TPSA) is 42.4 Å². The van der Waals surface area contributed by atoms with Crippen LogP contribution in [-0.2, 0) is 17.9 Å².